The van der Waals surface area contributed by atoms with Gasteiger partial charge in [0, 0.05) is 18.0 Å². The van der Waals surface area contributed by atoms with Crippen molar-refractivity contribution in [3.8, 4) is 0 Å². The Labute approximate surface area is 85.8 Å². The number of allylic oxidation sites excluding steroid dienone is 2. The third-order valence-electron chi connectivity index (χ3n) is 3.67. The summed E-state index contributed by atoms with van der Waals surface area (Å²) in [5.41, 5.74) is 0.941. The molecule has 2 nitrogen and oxygen atoms in total. The normalized spacial score (nSPS) is 37.3. The second-order valence-electron chi connectivity index (χ2n) is 4.64. The summed E-state index contributed by atoms with van der Waals surface area (Å²) in [6, 6.07) is 1.24. The number of piperidine rings is 1. The highest BCUT2D eigenvalue weighted by Gasteiger charge is 2.36. The summed E-state index contributed by atoms with van der Waals surface area (Å²) < 4.78 is 0. The van der Waals surface area contributed by atoms with Gasteiger partial charge >= 0.3 is 0 Å². The lowest BCUT2D eigenvalue weighted by molar-refractivity contribution is -0.120. The highest BCUT2D eigenvalue weighted by molar-refractivity contribution is 5.96. The summed E-state index contributed by atoms with van der Waals surface area (Å²) in [5, 5.41) is 3.56. The van der Waals surface area contributed by atoms with Gasteiger partial charge in [-0.2, -0.15) is 0 Å². The summed E-state index contributed by atoms with van der Waals surface area (Å²) in [6.45, 7) is 3.88. The molecule has 0 radical (unpaired) electrons. The quantitative estimate of drug-likeness (QED) is 0.680. The maximum atomic E-state index is 12.0. The van der Waals surface area contributed by atoms with Gasteiger partial charge in [-0.1, -0.05) is 6.08 Å². The third kappa shape index (κ3) is 1.76. The number of nitrogens with one attached hydrogen (secondary N) is 1. The summed E-state index contributed by atoms with van der Waals surface area (Å²) in [4.78, 5) is 12.0. The molecular weight excluding hydrogens is 174 g/mol. The Balaban J connectivity index is 2.03. The molecule has 0 aromatic rings. The summed E-state index contributed by atoms with van der Waals surface area (Å²) in [6.07, 6.45) is 6.58. The molecule has 2 aliphatic heterocycles. The molecule has 78 valence electrons. The number of hydrogen-bond acceptors (Lipinski definition) is 2. The lowest BCUT2D eigenvalue weighted by Crippen LogP contribution is -2.40. The van der Waals surface area contributed by atoms with E-state index in [1.807, 2.05) is 19.9 Å². The van der Waals surface area contributed by atoms with Crippen molar-refractivity contribution in [2.75, 3.05) is 0 Å². The van der Waals surface area contributed by atoms with Crippen LogP contribution < -0.4 is 5.32 Å². The zero-order chi connectivity index (χ0) is 10.1. The van der Waals surface area contributed by atoms with Crippen LogP contribution in [0.4, 0.5) is 0 Å². The molecule has 2 rings (SSSR count). The molecule has 2 heteroatoms. The van der Waals surface area contributed by atoms with Crippen molar-refractivity contribution in [1.29, 1.82) is 0 Å². The van der Waals surface area contributed by atoms with Gasteiger partial charge in [-0.05, 0) is 45.1 Å². The van der Waals surface area contributed by atoms with Gasteiger partial charge in [0.25, 0.3) is 0 Å². The molecule has 2 bridgehead atoms. The van der Waals surface area contributed by atoms with E-state index in [0.29, 0.717) is 23.8 Å². The Morgan fingerprint density at radius 3 is 2.36 bits per heavy atom. The minimum atomic E-state index is 0.296. The third-order valence-corrected chi connectivity index (χ3v) is 3.67. The molecular formula is C12H19NO. The molecule has 2 saturated heterocycles. The Kier molecular flexibility index (Phi) is 2.73. The summed E-state index contributed by atoms with van der Waals surface area (Å²) >= 11 is 0. The SMILES string of the molecule is CC=C(C)C(=O)C1CC2CCC(C1)N2. The fourth-order valence-corrected chi connectivity index (χ4v) is 2.74. The molecule has 0 aromatic carbocycles. The molecule has 2 unspecified atom stereocenters. The van der Waals surface area contributed by atoms with Crippen LogP contribution in [-0.2, 0) is 4.79 Å². The minimum Gasteiger partial charge on any atom is -0.311 e. The van der Waals surface area contributed by atoms with Crippen LogP contribution in [-0.4, -0.2) is 17.9 Å². The fourth-order valence-electron chi connectivity index (χ4n) is 2.74. The van der Waals surface area contributed by atoms with Gasteiger partial charge in [0.05, 0.1) is 0 Å². The topological polar surface area (TPSA) is 29.1 Å². The molecule has 0 amide bonds. The first kappa shape index (κ1) is 9.91. The van der Waals surface area contributed by atoms with E-state index in [9.17, 15) is 4.79 Å². The zero-order valence-electron chi connectivity index (χ0n) is 9.05. The average molecular weight is 193 g/mol. The summed E-state index contributed by atoms with van der Waals surface area (Å²) in [5.74, 6) is 0.677. The van der Waals surface area contributed by atoms with Gasteiger partial charge in [-0.25, -0.2) is 0 Å². The van der Waals surface area contributed by atoms with Gasteiger partial charge in [0.2, 0.25) is 0 Å². The predicted octanol–water partition coefficient (Wildman–Crippen LogP) is 2.05. The maximum Gasteiger partial charge on any atom is 0.161 e. The Morgan fingerprint density at radius 1 is 1.29 bits per heavy atom. The van der Waals surface area contributed by atoms with Crippen molar-refractivity contribution in [3.05, 3.63) is 11.6 Å². The predicted molar refractivity (Wildman–Crippen MR) is 57.1 cm³/mol. The molecule has 0 saturated carbocycles. The van der Waals surface area contributed by atoms with E-state index in [0.717, 1.165) is 18.4 Å². The van der Waals surface area contributed by atoms with Gasteiger partial charge in [0.15, 0.2) is 5.78 Å². The monoisotopic (exact) mass is 193 g/mol. The summed E-state index contributed by atoms with van der Waals surface area (Å²) in [7, 11) is 0. The van der Waals surface area contributed by atoms with Crippen molar-refractivity contribution in [2.24, 2.45) is 5.92 Å². The molecule has 1 N–H and O–H groups in total. The van der Waals surface area contributed by atoms with E-state index in [1.165, 1.54) is 12.8 Å². The number of hydrogen-bond donors (Lipinski definition) is 1. The van der Waals surface area contributed by atoms with E-state index < -0.39 is 0 Å². The highest BCUT2D eigenvalue weighted by Crippen LogP contribution is 2.32. The standard InChI is InChI=1S/C12H19NO/c1-3-8(2)12(14)9-6-10-4-5-11(7-9)13-10/h3,9-11,13H,4-7H2,1-2H3. The van der Waals surface area contributed by atoms with E-state index >= 15 is 0 Å². The number of carbonyl (C=O) groups excluding carboxylic acids is 1. The lowest BCUT2D eigenvalue weighted by Gasteiger charge is -2.28. The van der Waals surface area contributed by atoms with Crippen molar-refractivity contribution in [2.45, 2.75) is 51.6 Å². The zero-order valence-corrected chi connectivity index (χ0v) is 9.05. The van der Waals surface area contributed by atoms with Gasteiger partial charge in [-0.3, -0.25) is 4.79 Å². The van der Waals surface area contributed by atoms with Crippen molar-refractivity contribution in [3.63, 3.8) is 0 Å². The number of rotatable bonds is 2. The average Bonchev–Trinajstić information content (AvgIpc) is 2.55. The van der Waals surface area contributed by atoms with Gasteiger partial charge in [-0.15, -0.1) is 0 Å². The van der Waals surface area contributed by atoms with Crippen LogP contribution in [0.2, 0.25) is 0 Å². The van der Waals surface area contributed by atoms with E-state index in [4.69, 9.17) is 0 Å². The van der Waals surface area contributed by atoms with Crippen LogP contribution in [0.3, 0.4) is 0 Å². The maximum absolute atomic E-state index is 12.0. The molecule has 0 aliphatic carbocycles. The molecule has 2 heterocycles. The van der Waals surface area contributed by atoms with Crippen molar-refractivity contribution >= 4 is 5.78 Å². The van der Waals surface area contributed by atoms with Crippen LogP contribution in [0, 0.1) is 5.92 Å². The minimum absolute atomic E-state index is 0.296. The molecule has 2 fully saturated rings. The van der Waals surface area contributed by atoms with Gasteiger partial charge in [0.1, 0.15) is 0 Å². The number of carbonyl (C=O) groups is 1. The number of Topliss-reactive ketones (excluding diaryl/α,β-unsaturated/α-hetero) is 1. The van der Waals surface area contributed by atoms with Crippen LogP contribution >= 0.6 is 0 Å². The van der Waals surface area contributed by atoms with Gasteiger partial charge < -0.3 is 5.32 Å². The Bertz CT molecular complexity index is 257. The van der Waals surface area contributed by atoms with Crippen LogP contribution in [0.25, 0.3) is 0 Å². The molecule has 2 atom stereocenters. The molecule has 0 aromatic heterocycles. The first-order chi connectivity index (χ1) is 6.70. The molecule has 2 aliphatic rings. The fraction of sp³-hybridized carbons (Fsp3) is 0.750. The van der Waals surface area contributed by atoms with Crippen LogP contribution in [0.5, 0.6) is 0 Å². The Hall–Kier alpha value is -0.630. The van der Waals surface area contributed by atoms with E-state index in [2.05, 4.69) is 5.32 Å². The molecule has 0 spiro atoms. The van der Waals surface area contributed by atoms with E-state index in [-0.39, 0.29) is 0 Å². The van der Waals surface area contributed by atoms with Crippen molar-refractivity contribution < 1.29 is 4.79 Å². The largest absolute Gasteiger partial charge is 0.311 e. The first-order valence-corrected chi connectivity index (χ1v) is 5.64. The second-order valence-corrected chi connectivity index (χ2v) is 4.64. The van der Waals surface area contributed by atoms with Crippen molar-refractivity contribution in [1.82, 2.24) is 5.32 Å². The van der Waals surface area contributed by atoms with Crippen LogP contribution in [0.1, 0.15) is 39.5 Å². The van der Waals surface area contributed by atoms with E-state index in [1.54, 1.807) is 0 Å². The second kappa shape index (κ2) is 3.85. The molecule has 14 heavy (non-hydrogen) atoms. The Morgan fingerprint density at radius 2 is 1.86 bits per heavy atom. The lowest BCUT2D eigenvalue weighted by atomic mass is 9.86. The number of ketones is 1. The smallest absolute Gasteiger partial charge is 0.161 e. The first-order valence-electron chi connectivity index (χ1n) is 5.64. The number of fused-ring (bicyclic) bond motifs is 2. The highest BCUT2D eigenvalue weighted by atomic mass is 16.1. The van der Waals surface area contributed by atoms with Crippen LogP contribution in [0.15, 0.2) is 11.6 Å².